The molecule has 0 radical (unpaired) electrons. The fourth-order valence-corrected chi connectivity index (χ4v) is 3.25. The van der Waals surface area contributed by atoms with Gasteiger partial charge in [0.15, 0.2) is 5.82 Å². The SMILES string of the molecule is Cc1cc2c(NCc3ccnc(-n4cccn4)c3)ncnc2s1. The summed E-state index contributed by atoms with van der Waals surface area (Å²) in [5.41, 5.74) is 1.12. The summed E-state index contributed by atoms with van der Waals surface area (Å²) in [4.78, 5) is 15.2. The van der Waals surface area contributed by atoms with Crippen LogP contribution in [-0.2, 0) is 6.54 Å². The molecule has 0 unspecified atom stereocenters. The number of aryl methyl sites for hydroxylation is 1. The second kappa shape index (κ2) is 5.77. The molecule has 0 aromatic carbocycles. The van der Waals surface area contributed by atoms with Crippen LogP contribution in [0.4, 0.5) is 5.82 Å². The van der Waals surface area contributed by atoms with Crippen molar-refractivity contribution in [1.29, 1.82) is 0 Å². The highest BCUT2D eigenvalue weighted by Crippen LogP contribution is 2.27. The van der Waals surface area contributed by atoms with Crippen LogP contribution < -0.4 is 5.32 Å². The summed E-state index contributed by atoms with van der Waals surface area (Å²) < 4.78 is 1.74. The monoisotopic (exact) mass is 322 g/mol. The van der Waals surface area contributed by atoms with Crippen molar-refractivity contribution < 1.29 is 0 Å². The van der Waals surface area contributed by atoms with Gasteiger partial charge in [0, 0.05) is 30.0 Å². The molecule has 0 fully saturated rings. The Morgan fingerprint density at radius 3 is 3.00 bits per heavy atom. The van der Waals surface area contributed by atoms with Crippen LogP contribution >= 0.6 is 11.3 Å². The van der Waals surface area contributed by atoms with E-state index in [1.165, 1.54) is 4.88 Å². The fourth-order valence-electron chi connectivity index (χ4n) is 2.40. The van der Waals surface area contributed by atoms with E-state index < -0.39 is 0 Å². The molecule has 4 aromatic heterocycles. The Hall–Kier alpha value is -2.80. The molecule has 4 aromatic rings. The first-order valence-corrected chi connectivity index (χ1v) is 8.01. The maximum absolute atomic E-state index is 4.36. The fraction of sp³-hybridized carbons (Fsp3) is 0.125. The van der Waals surface area contributed by atoms with Crippen molar-refractivity contribution in [3.05, 3.63) is 59.6 Å². The zero-order chi connectivity index (χ0) is 15.6. The number of rotatable bonds is 4. The van der Waals surface area contributed by atoms with Crippen molar-refractivity contribution in [2.75, 3.05) is 5.32 Å². The molecule has 7 heteroatoms. The summed E-state index contributed by atoms with van der Waals surface area (Å²) in [6.07, 6.45) is 7.01. The van der Waals surface area contributed by atoms with Gasteiger partial charge in [-0.3, -0.25) is 0 Å². The average molecular weight is 322 g/mol. The largest absolute Gasteiger partial charge is 0.365 e. The molecule has 0 aliphatic carbocycles. The number of thiophene rings is 1. The molecular formula is C16H14N6S. The van der Waals surface area contributed by atoms with Gasteiger partial charge in [-0.25, -0.2) is 19.6 Å². The molecule has 0 atom stereocenters. The van der Waals surface area contributed by atoms with Crippen LogP contribution in [0.5, 0.6) is 0 Å². The van der Waals surface area contributed by atoms with Gasteiger partial charge in [0.25, 0.3) is 0 Å². The lowest BCUT2D eigenvalue weighted by Crippen LogP contribution is -2.04. The molecular weight excluding hydrogens is 308 g/mol. The Balaban J connectivity index is 1.58. The van der Waals surface area contributed by atoms with Crippen LogP contribution in [0, 0.1) is 6.92 Å². The van der Waals surface area contributed by atoms with Crippen molar-refractivity contribution in [1.82, 2.24) is 24.7 Å². The summed E-state index contributed by atoms with van der Waals surface area (Å²) in [7, 11) is 0. The van der Waals surface area contributed by atoms with Crippen LogP contribution in [0.3, 0.4) is 0 Å². The molecule has 23 heavy (non-hydrogen) atoms. The van der Waals surface area contributed by atoms with Crippen LogP contribution in [0.25, 0.3) is 16.0 Å². The third-order valence-electron chi connectivity index (χ3n) is 3.46. The number of fused-ring (bicyclic) bond motifs is 1. The van der Waals surface area contributed by atoms with E-state index in [1.54, 1.807) is 34.7 Å². The Bertz CT molecular complexity index is 944. The number of nitrogens with one attached hydrogen (secondary N) is 1. The minimum Gasteiger partial charge on any atom is -0.365 e. The Morgan fingerprint density at radius 2 is 2.13 bits per heavy atom. The number of nitrogens with zero attached hydrogens (tertiary/aromatic N) is 5. The Labute approximate surface area is 136 Å². The van der Waals surface area contributed by atoms with E-state index in [0.717, 1.165) is 27.4 Å². The molecule has 0 aliphatic rings. The van der Waals surface area contributed by atoms with Crippen molar-refractivity contribution in [3.8, 4) is 5.82 Å². The topological polar surface area (TPSA) is 68.5 Å². The number of hydrogen-bond acceptors (Lipinski definition) is 6. The summed E-state index contributed by atoms with van der Waals surface area (Å²) in [5.74, 6) is 1.66. The normalized spacial score (nSPS) is 11.0. The lowest BCUT2D eigenvalue weighted by Gasteiger charge is -2.08. The first kappa shape index (κ1) is 13.8. The maximum Gasteiger partial charge on any atom is 0.153 e. The van der Waals surface area contributed by atoms with Crippen LogP contribution in [-0.4, -0.2) is 24.7 Å². The minimum atomic E-state index is 0.664. The minimum absolute atomic E-state index is 0.664. The van der Waals surface area contributed by atoms with Crippen LogP contribution in [0.15, 0.2) is 49.2 Å². The first-order chi connectivity index (χ1) is 11.3. The van der Waals surface area contributed by atoms with E-state index in [9.17, 15) is 0 Å². The molecule has 0 spiro atoms. The first-order valence-electron chi connectivity index (χ1n) is 7.19. The summed E-state index contributed by atoms with van der Waals surface area (Å²) in [6.45, 7) is 2.74. The molecule has 6 nitrogen and oxygen atoms in total. The van der Waals surface area contributed by atoms with Crippen molar-refractivity contribution in [3.63, 3.8) is 0 Å². The maximum atomic E-state index is 4.36. The van der Waals surface area contributed by atoms with E-state index in [-0.39, 0.29) is 0 Å². The van der Waals surface area contributed by atoms with Gasteiger partial charge < -0.3 is 5.32 Å². The van der Waals surface area contributed by atoms with E-state index in [4.69, 9.17) is 0 Å². The highest BCUT2D eigenvalue weighted by Gasteiger charge is 2.07. The quantitative estimate of drug-likeness (QED) is 0.625. The van der Waals surface area contributed by atoms with E-state index >= 15 is 0 Å². The number of aromatic nitrogens is 5. The second-order valence-electron chi connectivity index (χ2n) is 5.12. The highest BCUT2D eigenvalue weighted by atomic mass is 32.1. The van der Waals surface area contributed by atoms with Gasteiger partial charge in [-0.15, -0.1) is 11.3 Å². The standard InChI is InChI=1S/C16H14N6S/c1-11-7-13-15(19-10-20-16(13)23-11)18-9-12-3-5-17-14(8-12)22-6-2-4-21-22/h2-8,10H,9H2,1H3,(H,18,19,20). The molecule has 4 rings (SSSR count). The molecule has 0 bridgehead atoms. The van der Waals surface area contributed by atoms with E-state index in [2.05, 4.69) is 38.4 Å². The smallest absolute Gasteiger partial charge is 0.153 e. The number of anilines is 1. The molecule has 0 saturated heterocycles. The zero-order valence-corrected chi connectivity index (χ0v) is 13.3. The molecule has 114 valence electrons. The number of pyridine rings is 1. The molecule has 0 aliphatic heterocycles. The van der Waals surface area contributed by atoms with Gasteiger partial charge in [0.2, 0.25) is 0 Å². The summed E-state index contributed by atoms with van der Waals surface area (Å²) in [5, 5.41) is 8.66. The predicted molar refractivity (Wildman–Crippen MR) is 90.8 cm³/mol. The zero-order valence-electron chi connectivity index (χ0n) is 12.5. The van der Waals surface area contributed by atoms with Gasteiger partial charge in [0.05, 0.1) is 5.39 Å². The lowest BCUT2D eigenvalue weighted by atomic mass is 10.2. The predicted octanol–water partition coefficient (Wildman–Crippen LogP) is 3.19. The van der Waals surface area contributed by atoms with Crippen LogP contribution in [0.2, 0.25) is 0 Å². The molecule has 0 amide bonds. The molecule has 1 N–H and O–H groups in total. The van der Waals surface area contributed by atoms with E-state index in [1.807, 2.05) is 24.4 Å². The highest BCUT2D eigenvalue weighted by molar-refractivity contribution is 7.18. The average Bonchev–Trinajstić information content (AvgIpc) is 3.22. The van der Waals surface area contributed by atoms with E-state index in [0.29, 0.717) is 6.54 Å². The van der Waals surface area contributed by atoms with Gasteiger partial charge in [-0.2, -0.15) is 5.10 Å². The Morgan fingerprint density at radius 1 is 1.17 bits per heavy atom. The van der Waals surface area contributed by atoms with Gasteiger partial charge in [0.1, 0.15) is 17.0 Å². The van der Waals surface area contributed by atoms with Crippen LogP contribution in [0.1, 0.15) is 10.4 Å². The third kappa shape index (κ3) is 2.78. The molecule has 0 saturated carbocycles. The van der Waals surface area contributed by atoms with Gasteiger partial charge >= 0.3 is 0 Å². The lowest BCUT2D eigenvalue weighted by molar-refractivity contribution is 0.843. The number of hydrogen-bond donors (Lipinski definition) is 1. The van der Waals surface area contributed by atoms with Crippen molar-refractivity contribution >= 4 is 27.4 Å². The second-order valence-corrected chi connectivity index (χ2v) is 6.36. The van der Waals surface area contributed by atoms with Gasteiger partial charge in [-0.05, 0) is 36.8 Å². The summed E-state index contributed by atoms with van der Waals surface area (Å²) >= 11 is 1.68. The molecule has 4 heterocycles. The van der Waals surface area contributed by atoms with Crippen molar-refractivity contribution in [2.45, 2.75) is 13.5 Å². The Kier molecular flexibility index (Phi) is 3.47. The summed E-state index contributed by atoms with van der Waals surface area (Å²) in [6, 6.07) is 7.99. The van der Waals surface area contributed by atoms with Gasteiger partial charge in [-0.1, -0.05) is 0 Å². The third-order valence-corrected chi connectivity index (χ3v) is 4.42. The van der Waals surface area contributed by atoms with Crippen molar-refractivity contribution in [2.24, 2.45) is 0 Å².